The van der Waals surface area contributed by atoms with E-state index < -0.39 is 27.1 Å². The molecule has 0 radical (unpaired) electrons. The molecule has 0 aliphatic carbocycles. The molecule has 4 rings (SSSR count). The number of aliphatic carboxylic acids is 1. The van der Waals surface area contributed by atoms with Gasteiger partial charge in [-0.2, -0.15) is 4.31 Å². The Bertz CT molecular complexity index is 1070. The molecule has 172 valence electrons. The Balaban J connectivity index is 1.51. The van der Waals surface area contributed by atoms with Crippen LogP contribution in [0.3, 0.4) is 0 Å². The number of carboxylic acid groups (broad SMARTS) is 1. The van der Waals surface area contributed by atoms with Gasteiger partial charge in [-0.15, -0.1) is 0 Å². The summed E-state index contributed by atoms with van der Waals surface area (Å²) < 4.78 is 43.2. The first-order chi connectivity index (χ1) is 15.3. The zero-order valence-electron chi connectivity index (χ0n) is 18.2. The van der Waals surface area contributed by atoms with Gasteiger partial charge in [0.25, 0.3) is 0 Å². The molecule has 0 saturated carbocycles. The van der Waals surface area contributed by atoms with Crippen LogP contribution < -0.4 is 4.90 Å². The predicted octanol–water partition coefficient (Wildman–Crippen LogP) is 4.18. The van der Waals surface area contributed by atoms with Gasteiger partial charge < -0.3 is 10.0 Å². The highest BCUT2D eigenvalue weighted by Gasteiger charge is 2.40. The number of piperidine rings is 1. The zero-order chi connectivity index (χ0) is 22.9. The minimum atomic E-state index is -3.63. The summed E-state index contributed by atoms with van der Waals surface area (Å²) in [6.07, 6.45) is 2.33. The van der Waals surface area contributed by atoms with Crippen LogP contribution in [0, 0.1) is 11.7 Å². The highest BCUT2D eigenvalue weighted by molar-refractivity contribution is 7.89. The predicted molar refractivity (Wildman–Crippen MR) is 121 cm³/mol. The van der Waals surface area contributed by atoms with E-state index in [-0.39, 0.29) is 18.5 Å². The largest absolute Gasteiger partial charge is 0.481 e. The SMILES string of the molecule is CC1CCC(c2ccccc2)S(=O)(=O)N1Cc1ccc(N2CCC(C(=O)O)CC2)cc1F. The smallest absolute Gasteiger partial charge is 0.306 e. The van der Waals surface area contributed by atoms with Crippen molar-refractivity contribution in [2.75, 3.05) is 18.0 Å². The van der Waals surface area contributed by atoms with Crippen molar-refractivity contribution in [2.45, 2.75) is 50.4 Å². The number of sulfonamides is 1. The van der Waals surface area contributed by atoms with Gasteiger partial charge in [0.1, 0.15) is 11.1 Å². The third kappa shape index (κ3) is 4.52. The van der Waals surface area contributed by atoms with Crippen LogP contribution >= 0.6 is 0 Å². The number of rotatable bonds is 5. The van der Waals surface area contributed by atoms with Crippen LogP contribution in [0.1, 0.15) is 49.0 Å². The average molecular weight is 461 g/mol. The van der Waals surface area contributed by atoms with Crippen molar-refractivity contribution in [3.05, 3.63) is 65.5 Å². The molecule has 2 heterocycles. The molecule has 0 spiro atoms. The topological polar surface area (TPSA) is 77.9 Å². The molecule has 2 aliphatic rings. The number of hydrogen-bond donors (Lipinski definition) is 1. The maximum absolute atomic E-state index is 15.0. The van der Waals surface area contributed by atoms with Gasteiger partial charge in [-0.3, -0.25) is 4.79 Å². The van der Waals surface area contributed by atoms with E-state index in [4.69, 9.17) is 5.11 Å². The Kier molecular flexibility index (Phi) is 6.53. The lowest BCUT2D eigenvalue weighted by Gasteiger charge is -2.37. The molecule has 0 aromatic heterocycles. The lowest BCUT2D eigenvalue weighted by atomic mass is 9.96. The first-order valence-corrected chi connectivity index (χ1v) is 12.6. The molecule has 32 heavy (non-hydrogen) atoms. The van der Waals surface area contributed by atoms with Crippen molar-refractivity contribution in [1.29, 1.82) is 0 Å². The van der Waals surface area contributed by atoms with E-state index in [0.717, 1.165) is 12.0 Å². The van der Waals surface area contributed by atoms with Gasteiger partial charge in [0.05, 0.1) is 5.92 Å². The van der Waals surface area contributed by atoms with Gasteiger partial charge in [0.2, 0.25) is 10.0 Å². The zero-order valence-corrected chi connectivity index (χ0v) is 19.0. The maximum Gasteiger partial charge on any atom is 0.306 e. The van der Waals surface area contributed by atoms with Crippen LogP contribution in [-0.4, -0.2) is 42.9 Å². The number of hydrogen-bond acceptors (Lipinski definition) is 4. The van der Waals surface area contributed by atoms with Gasteiger partial charge in [-0.05, 0) is 50.3 Å². The number of carboxylic acids is 1. The van der Waals surface area contributed by atoms with Crippen LogP contribution in [0.4, 0.5) is 10.1 Å². The standard InChI is InChI=1S/C24H29FN2O4S/c1-17-7-10-23(18-5-3-2-4-6-18)32(30,31)27(17)16-20-8-9-21(15-22(20)25)26-13-11-19(12-14-26)24(28)29/h2-6,8-9,15,17,19,23H,7,10-14,16H2,1H3,(H,28,29). The summed E-state index contributed by atoms with van der Waals surface area (Å²) in [6, 6.07) is 13.9. The van der Waals surface area contributed by atoms with Crippen LogP contribution in [-0.2, 0) is 21.4 Å². The van der Waals surface area contributed by atoms with E-state index in [1.807, 2.05) is 42.2 Å². The third-order valence-electron chi connectivity index (χ3n) is 6.77. The van der Waals surface area contributed by atoms with E-state index >= 15 is 4.39 Å². The molecule has 1 N–H and O–H groups in total. The second-order valence-corrected chi connectivity index (χ2v) is 10.9. The van der Waals surface area contributed by atoms with Gasteiger partial charge in [-0.1, -0.05) is 36.4 Å². The summed E-state index contributed by atoms with van der Waals surface area (Å²) in [5.74, 6) is -1.57. The number of anilines is 1. The minimum Gasteiger partial charge on any atom is -0.481 e. The molecular weight excluding hydrogens is 431 g/mol. The fourth-order valence-corrected chi connectivity index (χ4v) is 6.95. The van der Waals surface area contributed by atoms with Gasteiger partial charge >= 0.3 is 5.97 Å². The Morgan fingerprint density at radius 2 is 1.75 bits per heavy atom. The van der Waals surface area contributed by atoms with Gasteiger partial charge in [0, 0.05) is 36.9 Å². The molecule has 2 aromatic rings. The molecule has 0 amide bonds. The molecule has 8 heteroatoms. The van der Waals surface area contributed by atoms with E-state index in [0.29, 0.717) is 43.6 Å². The molecule has 2 aromatic carbocycles. The molecule has 6 nitrogen and oxygen atoms in total. The summed E-state index contributed by atoms with van der Waals surface area (Å²) in [4.78, 5) is 13.1. The summed E-state index contributed by atoms with van der Waals surface area (Å²) in [6.45, 7) is 3.00. The Labute approximate surface area is 188 Å². The number of carbonyl (C=O) groups is 1. The maximum atomic E-state index is 15.0. The van der Waals surface area contributed by atoms with Crippen molar-refractivity contribution in [1.82, 2.24) is 4.31 Å². The summed E-state index contributed by atoms with van der Waals surface area (Å²) in [5.41, 5.74) is 1.81. The normalized spacial score (nSPS) is 24.4. The lowest BCUT2D eigenvalue weighted by molar-refractivity contribution is -0.142. The monoisotopic (exact) mass is 460 g/mol. The number of nitrogens with zero attached hydrogens (tertiary/aromatic N) is 2. The van der Waals surface area contributed by atoms with Crippen molar-refractivity contribution in [3.63, 3.8) is 0 Å². The summed E-state index contributed by atoms with van der Waals surface area (Å²) in [5, 5.41) is 8.54. The molecular formula is C24H29FN2O4S. The molecule has 2 aliphatic heterocycles. The van der Waals surface area contributed by atoms with Gasteiger partial charge in [0.15, 0.2) is 0 Å². The third-order valence-corrected chi connectivity index (χ3v) is 9.14. The lowest BCUT2D eigenvalue weighted by Crippen LogP contribution is -2.44. The Hall–Kier alpha value is -2.45. The van der Waals surface area contributed by atoms with Crippen molar-refractivity contribution < 1.29 is 22.7 Å². The van der Waals surface area contributed by atoms with E-state index in [1.54, 1.807) is 12.1 Å². The second-order valence-electron chi connectivity index (χ2n) is 8.79. The highest BCUT2D eigenvalue weighted by atomic mass is 32.2. The Morgan fingerprint density at radius 3 is 2.38 bits per heavy atom. The quantitative estimate of drug-likeness (QED) is 0.724. The minimum absolute atomic E-state index is 0.0000349. The molecule has 0 bridgehead atoms. The van der Waals surface area contributed by atoms with E-state index in [9.17, 15) is 13.2 Å². The van der Waals surface area contributed by atoms with E-state index in [1.165, 1.54) is 10.4 Å². The second kappa shape index (κ2) is 9.19. The fourth-order valence-electron chi connectivity index (χ4n) is 4.77. The molecule has 2 fully saturated rings. The first-order valence-electron chi connectivity index (χ1n) is 11.1. The molecule has 2 atom stereocenters. The number of benzene rings is 2. The molecule has 2 saturated heterocycles. The van der Waals surface area contributed by atoms with E-state index in [2.05, 4.69) is 0 Å². The first kappa shape index (κ1) is 22.7. The van der Waals surface area contributed by atoms with Crippen LogP contribution in [0.2, 0.25) is 0 Å². The Morgan fingerprint density at radius 1 is 1.06 bits per heavy atom. The summed E-state index contributed by atoms with van der Waals surface area (Å²) in [7, 11) is -3.63. The highest BCUT2D eigenvalue weighted by Crippen LogP contribution is 2.38. The van der Waals surface area contributed by atoms with Crippen molar-refractivity contribution >= 4 is 21.7 Å². The fraction of sp³-hybridized carbons (Fsp3) is 0.458. The average Bonchev–Trinajstić information content (AvgIpc) is 2.78. The molecule has 2 unspecified atom stereocenters. The number of halogens is 1. The van der Waals surface area contributed by atoms with Crippen molar-refractivity contribution in [3.8, 4) is 0 Å². The van der Waals surface area contributed by atoms with Crippen LogP contribution in [0.15, 0.2) is 48.5 Å². The van der Waals surface area contributed by atoms with Gasteiger partial charge in [-0.25, -0.2) is 12.8 Å². The van der Waals surface area contributed by atoms with Crippen molar-refractivity contribution in [2.24, 2.45) is 5.92 Å². The van der Waals surface area contributed by atoms with Crippen LogP contribution in [0.5, 0.6) is 0 Å². The van der Waals surface area contributed by atoms with Crippen LogP contribution in [0.25, 0.3) is 0 Å². The summed E-state index contributed by atoms with van der Waals surface area (Å²) >= 11 is 0.